The second-order valence-electron chi connectivity index (χ2n) is 6.52. The van der Waals surface area contributed by atoms with Crippen LogP contribution in [0.5, 0.6) is 0 Å². The topological polar surface area (TPSA) is 54.9 Å². The number of amides is 1. The van der Waals surface area contributed by atoms with Crippen molar-refractivity contribution >= 4 is 33.1 Å². The number of benzene rings is 2. The van der Waals surface area contributed by atoms with Crippen LogP contribution < -0.4 is 5.32 Å². The fourth-order valence-corrected chi connectivity index (χ4v) is 3.03. The smallest absolute Gasteiger partial charge is 0.231 e. The van der Waals surface area contributed by atoms with E-state index in [2.05, 4.69) is 45.8 Å². The van der Waals surface area contributed by atoms with E-state index < -0.39 is 5.41 Å². The Bertz CT molecular complexity index is 843. The van der Waals surface area contributed by atoms with Gasteiger partial charge in [0, 0.05) is 11.8 Å². The molecule has 0 aliphatic rings. The zero-order chi connectivity index (χ0) is 16.4. The molecule has 0 unspecified atom stereocenters. The van der Waals surface area contributed by atoms with E-state index in [0.29, 0.717) is 11.6 Å². The molecule has 2 aromatic carbocycles. The van der Waals surface area contributed by atoms with Gasteiger partial charge < -0.3 is 5.32 Å². The van der Waals surface area contributed by atoms with Crippen LogP contribution in [0.4, 0.5) is 5.13 Å². The van der Waals surface area contributed by atoms with Crippen LogP contribution in [0, 0.1) is 5.41 Å². The molecule has 0 saturated carbocycles. The fourth-order valence-electron chi connectivity index (χ4n) is 2.27. The van der Waals surface area contributed by atoms with Gasteiger partial charge in [-0.15, -0.1) is 10.2 Å². The maximum atomic E-state index is 12.0. The summed E-state index contributed by atoms with van der Waals surface area (Å²) >= 11 is 1.43. The number of anilines is 1. The van der Waals surface area contributed by atoms with Gasteiger partial charge in [-0.2, -0.15) is 0 Å². The normalized spacial score (nSPS) is 11.6. The highest BCUT2D eigenvalue weighted by molar-refractivity contribution is 7.15. The first kappa shape index (κ1) is 15.6. The summed E-state index contributed by atoms with van der Waals surface area (Å²) in [5, 5.41) is 15.0. The van der Waals surface area contributed by atoms with E-state index in [1.54, 1.807) is 0 Å². The Hall–Kier alpha value is -2.27. The van der Waals surface area contributed by atoms with Crippen molar-refractivity contribution in [3.8, 4) is 0 Å². The van der Waals surface area contributed by atoms with Crippen LogP contribution in [0.2, 0.25) is 0 Å². The first-order valence-corrected chi connectivity index (χ1v) is 8.35. The van der Waals surface area contributed by atoms with Crippen molar-refractivity contribution in [2.24, 2.45) is 5.41 Å². The van der Waals surface area contributed by atoms with E-state index in [0.717, 1.165) is 5.01 Å². The lowest BCUT2D eigenvalue weighted by Gasteiger charge is -2.15. The van der Waals surface area contributed by atoms with Crippen LogP contribution in [0.1, 0.15) is 31.3 Å². The molecular formula is C18H19N3OS. The molecule has 1 amide bonds. The van der Waals surface area contributed by atoms with Crippen LogP contribution >= 0.6 is 11.3 Å². The van der Waals surface area contributed by atoms with Crippen molar-refractivity contribution in [1.82, 2.24) is 10.2 Å². The first-order valence-electron chi connectivity index (χ1n) is 7.54. The molecule has 1 aromatic heterocycles. The SMILES string of the molecule is CC(C)(C)C(=O)Nc1nnc(Cc2cccc3ccccc23)s1. The summed E-state index contributed by atoms with van der Waals surface area (Å²) in [6, 6.07) is 14.6. The van der Waals surface area contributed by atoms with Gasteiger partial charge in [0.25, 0.3) is 0 Å². The molecule has 0 saturated heterocycles. The number of aromatic nitrogens is 2. The molecule has 0 bridgehead atoms. The number of rotatable bonds is 3. The molecule has 0 radical (unpaired) electrons. The third-order valence-corrected chi connectivity index (χ3v) is 4.43. The second-order valence-corrected chi connectivity index (χ2v) is 7.58. The van der Waals surface area contributed by atoms with Gasteiger partial charge in [0.15, 0.2) is 0 Å². The van der Waals surface area contributed by atoms with Gasteiger partial charge in [-0.3, -0.25) is 4.79 Å². The molecule has 118 valence electrons. The molecule has 3 rings (SSSR count). The van der Waals surface area contributed by atoms with E-state index in [1.165, 1.54) is 27.7 Å². The predicted octanol–water partition coefficient (Wildman–Crippen LogP) is 4.27. The lowest BCUT2D eigenvalue weighted by atomic mass is 9.96. The summed E-state index contributed by atoms with van der Waals surface area (Å²) in [5.41, 5.74) is 0.773. The van der Waals surface area contributed by atoms with E-state index in [1.807, 2.05) is 32.9 Å². The number of hydrogen-bond acceptors (Lipinski definition) is 4. The zero-order valence-corrected chi connectivity index (χ0v) is 14.3. The van der Waals surface area contributed by atoms with Gasteiger partial charge in [0.2, 0.25) is 11.0 Å². The molecule has 23 heavy (non-hydrogen) atoms. The molecule has 0 aliphatic carbocycles. The molecule has 1 N–H and O–H groups in total. The lowest BCUT2D eigenvalue weighted by Crippen LogP contribution is -2.27. The van der Waals surface area contributed by atoms with Crippen molar-refractivity contribution in [3.63, 3.8) is 0 Å². The Balaban J connectivity index is 1.80. The van der Waals surface area contributed by atoms with E-state index in [9.17, 15) is 4.79 Å². The van der Waals surface area contributed by atoms with Crippen LogP contribution in [-0.2, 0) is 11.2 Å². The van der Waals surface area contributed by atoms with Crippen molar-refractivity contribution < 1.29 is 4.79 Å². The Morgan fingerprint density at radius 1 is 1.09 bits per heavy atom. The molecule has 0 aliphatic heterocycles. The maximum absolute atomic E-state index is 12.0. The Labute approximate surface area is 139 Å². The van der Waals surface area contributed by atoms with Gasteiger partial charge in [-0.1, -0.05) is 74.6 Å². The summed E-state index contributed by atoms with van der Waals surface area (Å²) in [7, 11) is 0. The molecule has 5 heteroatoms. The Morgan fingerprint density at radius 3 is 2.61 bits per heavy atom. The quantitative estimate of drug-likeness (QED) is 0.782. The molecule has 3 aromatic rings. The summed E-state index contributed by atoms with van der Waals surface area (Å²) in [4.78, 5) is 12.0. The van der Waals surface area contributed by atoms with Gasteiger partial charge in [0.05, 0.1) is 0 Å². The van der Waals surface area contributed by atoms with Crippen LogP contribution in [0.25, 0.3) is 10.8 Å². The predicted molar refractivity (Wildman–Crippen MR) is 94.7 cm³/mol. The molecule has 1 heterocycles. The molecule has 0 fully saturated rings. The zero-order valence-electron chi connectivity index (χ0n) is 13.5. The number of nitrogens with zero attached hydrogens (tertiary/aromatic N) is 2. The van der Waals surface area contributed by atoms with E-state index in [-0.39, 0.29) is 5.91 Å². The van der Waals surface area contributed by atoms with Crippen molar-refractivity contribution in [2.75, 3.05) is 5.32 Å². The minimum Gasteiger partial charge on any atom is -0.300 e. The summed E-state index contributed by atoms with van der Waals surface area (Å²) in [6.45, 7) is 5.63. The highest BCUT2D eigenvalue weighted by atomic mass is 32.1. The van der Waals surface area contributed by atoms with E-state index >= 15 is 0 Å². The van der Waals surface area contributed by atoms with Gasteiger partial charge in [-0.05, 0) is 16.3 Å². The number of fused-ring (bicyclic) bond motifs is 1. The molecule has 0 spiro atoms. The molecule has 0 atom stereocenters. The minimum atomic E-state index is -0.443. The number of carbonyl (C=O) groups excluding carboxylic acids is 1. The fraction of sp³-hybridized carbons (Fsp3) is 0.278. The number of carbonyl (C=O) groups is 1. The summed E-state index contributed by atoms with van der Waals surface area (Å²) in [6.07, 6.45) is 0.713. The first-order chi connectivity index (χ1) is 10.9. The monoisotopic (exact) mass is 325 g/mol. The summed E-state index contributed by atoms with van der Waals surface area (Å²) < 4.78 is 0. The van der Waals surface area contributed by atoms with Crippen LogP contribution in [-0.4, -0.2) is 16.1 Å². The highest BCUT2D eigenvalue weighted by Gasteiger charge is 2.22. The largest absolute Gasteiger partial charge is 0.300 e. The third kappa shape index (κ3) is 3.56. The van der Waals surface area contributed by atoms with Crippen LogP contribution in [0.15, 0.2) is 42.5 Å². The molecule has 4 nitrogen and oxygen atoms in total. The average molecular weight is 325 g/mol. The lowest BCUT2D eigenvalue weighted by molar-refractivity contribution is -0.123. The van der Waals surface area contributed by atoms with Crippen LogP contribution in [0.3, 0.4) is 0 Å². The van der Waals surface area contributed by atoms with E-state index in [4.69, 9.17) is 0 Å². The number of nitrogens with one attached hydrogen (secondary N) is 1. The second kappa shape index (κ2) is 6.08. The Morgan fingerprint density at radius 2 is 1.83 bits per heavy atom. The van der Waals surface area contributed by atoms with Gasteiger partial charge in [0.1, 0.15) is 5.01 Å². The van der Waals surface area contributed by atoms with Crippen molar-refractivity contribution in [3.05, 3.63) is 53.0 Å². The van der Waals surface area contributed by atoms with Gasteiger partial charge in [-0.25, -0.2) is 0 Å². The van der Waals surface area contributed by atoms with Crippen molar-refractivity contribution in [1.29, 1.82) is 0 Å². The van der Waals surface area contributed by atoms with Crippen molar-refractivity contribution in [2.45, 2.75) is 27.2 Å². The number of hydrogen-bond donors (Lipinski definition) is 1. The highest BCUT2D eigenvalue weighted by Crippen LogP contribution is 2.25. The molecular weight excluding hydrogens is 306 g/mol. The average Bonchev–Trinajstić information content (AvgIpc) is 2.94. The Kier molecular flexibility index (Phi) is 4.13. The van der Waals surface area contributed by atoms with Gasteiger partial charge >= 0.3 is 0 Å². The minimum absolute atomic E-state index is 0.0506. The maximum Gasteiger partial charge on any atom is 0.231 e. The standard InChI is InChI=1S/C18H19N3OS/c1-18(2,3)16(22)19-17-21-20-15(23-17)11-13-9-6-8-12-7-4-5-10-14(12)13/h4-10H,11H2,1-3H3,(H,19,21,22). The summed E-state index contributed by atoms with van der Waals surface area (Å²) in [5.74, 6) is -0.0506. The third-order valence-electron chi connectivity index (χ3n) is 3.59.